The topological polar surface area (TPSA) is 42.4 Å². The van der Waals surface area contributed by atoms with Gasteiger partial charge in [-0.3, -0.25) is 4.90 Å². The summed E-state index contributed by atoms with van der Waals surface area (Å²) in [6.07, 6.45) is 2.56. The lowest BCUT2D eigenvalue weighted by Crippen LogP contribution is -2.44. The molecule has 3 heteroatoms. The van der Waals surface area contributed by atoms with Gasteiger partial charge in [-0.15, -0.1) is 0 Å². The summed E-state index contributed by atoms with van der Waals surface area (Å²) in [5.74, 6) is 1.98. The van der Waals surface area contributed by atoms with Gasteiger partial charge in [-0.05, 0) is 43.9 Å². The Balaban J connectivity index is 2.13. The van der Waals surface area contributed by atoms with Gasteiger partial charge >= 0.3 is 0 Å². The second-order valence-electron chi connectivity index (χ2n) is 5.94. The fraction of sp³-hybridized carbons (Fsp3) is 0.714. The highest BCUT2D eigenvalue weighted by Crippen LogP contribution is 2.33. The van der Waals surface area contributed by atoms with Gasteiger partial charge in [0.1, 0.15) is 11.5 Å². The molecule has 2 N–H and O–H groups in total. The predicted octanol–water partition coefficient (Wildman–Crippen LogP) is 2.71. The Hall–Kier alpha value is -0.800. The summed E-state index contributed by atoms with van der Waals surface area (Å²) >= 11 is 0. The Kier molecular flexibility index (Phi) is 3.59. The summed E-state index contributed by atoms with van der Waals surface area (Å²) in [5, 5.41) is 0. The molecule has 1 saturated heterocycles. The Morgan fingerprint density at radius 3 is 2.76 bits per heavy atom. The van der Waals surface area contributed by atoms with Gasteiger partial charge in [-0.1, -0.05) is 13.8 Å². The van der Waals surface area contributed by atoms with Crippen LogP contribution in [0.15, 0.2) is 16.5 Å². The van der Waals surface area contributed by atoms with E-state index in [1.807, 2.05) is 13.0 Å². The van der Waals surface area contributed by atoms with Crippen LogP contribution in [-0.2, 0) is 0 Å². The molecule has 1 aromatic heterocycles. The zero-order valence-corrected chi connectivity index (χ0v) is 11.2. The Bertz CT molecular complexity index is 370. The van der Waals surface area contributed by atoms with Crippen molar-refractivity contribution in [2.75, 3.05) is 19.6 Å². The maximum absolute atomic E-state index is 5.93. The third-order valence-electron chi connectivity index (χ3n) is 3.68. The van der Waals surface area contributed by atoms with Gasteiger partial charge < -0.3 is 10.2 Å². The number of piperidine rings is 1. The van der Waals surface area contributed by atoms with Crippen LogP contribution in [0, 0.1) is 12.3 Å². The van der Waals surface area contributed by atoms with Crippen LogP contribution >= 0.6 is 0 Å². The molecule has 0 bridgehead atoms. The van der Waals surface area contributed by atoms with Gasteiger partial charge in [0.15, 0.2) is 0 Å². The van der Waals surface area contributed by atoms with E-state index in [2.05, 4.69) is 24.8 Å². The molecule has 1 aromatic rings. The maximum Gasteiger partial charge on any atom is 0.122 e. The molecule has 3 nitrogen and oxygen atoms in total. The minimum atomic E-state index is 0.239. The predicted molar refractivity (Wildman–Crippen MR) is 69.8 cm³/mol. The molecule has 1 aliphatic heterocycles. The van der Waals surface area contributed by atoms with E-state index < -0.39 is 0 Å². The molecule has 17 heavy (non-hydrogen) atoms. The molecule has 0 saturated carbocycles. The molecule has 2 heterocycles. The summed E-state index contributed by atoms with van der Waals surface area (Å²) in [6.45, 7) is 9.51. The SMILES string of the molecule is Cc1ccc(C(CN)N2CCCC(C)(C)C2)o1. The number of hydrogen-bond acceptors (Lipinski definition) is 3. The van der Waals surface area contributed by atoms with E-state index in [1.165, 1.54) is 12.8 Å². The highest BCUT2D eigenvalue weighted by Gasteiger charge is 2.31. The monoisotopic (exact) mass is 236 g/mol. The van der Waals surface area contributed by atoms with Crippen molar-refractivity contribution in [2.24, 2.45) is 11.1 Å². The van der Waals surface area contributed by atoms with Crippen LogP contribution in [-0.4, -0.2) is 24.5 Å². The molecule has 1 aliphatic rings. The lowest BCUT2D eigenvalue weighted by atomic mass is 9.83. The summed E-state index contributed by atoms with van der Waals surface area (Å²) in [4.78, 5) is 2.47. The van der Waals surface area contributed by atoms with Crippen molar-refractivity contribution in [3.8, 4) is 0 Å². The minimum Gasteiger partial charge on any atom is -0.465 e. The molecular weight excluding hydrogens is 212 g/mol. The van der Waals surface area contributed by atoms with Crippen LogP contribution in [0.2, 0.25) is 0 Å². The van der Waals surface area contributed by atoms with Crippen LogP contribution in [0.5, 0.6) is 0 Å². The van der Waals surface area contributed by atoms with Gasteiger partial charge in [-0.2, -0.15) is 0 Å². The fourth-order valence-corrected chi connectivity index (χ4v) is 2.81. The molecule has 1 fully saturated rings. The summed E-state index contributed by atoms with van der Waals surface area (Å²) < 4.78 is 5.74. The highest BCUT2D eigenvalue weighted by molar-refractivity contribution is 5.11. The average molecular weight is 236 g/mol. The van der Waals surface area contributed by atoms with Gasteiger partial charge in [0.25, 0.3) is 0 Å². The standard InChI is InChI=1S/C14H24N2O/c1-11-5-6-13(17-11)12(9-15)16-8-4-7-14(2,3)10-16/h5-6,12H,4,7-10,15H2,1-3H3. The molecule has 0 amide bonds. The number of nitrogens with two attached hydrogens (primary N) is 1. The first-order valence-corrected chi connectivity index (χ1v) is 6.52. The summed E-state index contributed by atoms with van der Waals surface area (Å²) in [5.41, 5.74) is 6.33. The molecule has 1 unspecified atom stereocenters. The van der Waals surface area contributed by atoms with Gasteiger partial charge in [0, 0.05) is 13.1 Å². The van der Waals surface area contributed by atoms with E-state index in [1.54, 1.807) is 0 Å². The van der Waals surface area contributed by atoms with Crippen LogP contribution in [0.4, 0.5) is 0 Å². The normalized spacial score (nSPS) is 22.6. The van der Waals surface area contributed by atoms with Crippen LogP contribution in [0.3, 0.4) is 0 Å². The van der Waals surface area contributed by atoms with Crippen molar-refractivity contribution in [3.63, 3.8) is 0 Å². The number of aryl methyl sites for hydroxylation is 1. The van der Waals surface area contributed by atoms with Gasteiger partial charge in [-0.25, -0.2) is 0 Å². The van der Waals surface area contributed by atoms with Crippen molar-refractivity contribution >= 4 is 0 Å². The lowest BCUT2D eigenvalue weighted by molar-refractivity contribution is 0.0715. The van der Waals surface area contributed by atoms with Crippen molar-refractivity contribution in [1.82, 2.24) is 4.90 Å². The second kappa shape index (κ2) is 4.83. The Labute approximate surface area is 104 Å². The number of nitrogens with zero attached hydrogens (tertiary/aromatic N) is 1. The van der Waals surface area contributed by atoms with Crippen molar-refractivity contribution in [3.05, 3.63) is 23.7 Å². The van der Waals surface area contributed by atoms with E-state index >= 15 is 0 Å². The highest BCUT2D eigenvalue weighted by atomic mass is 16.3. The molecule has 0 aromatic carbocycles. The first kappa shape index (κ1) is 12.7. The first-order chi connectivity index (χ1) is 8.02. The molecule has 0 radical (unpaired) electrons. The molecular formula is C14H24N2O. The maximum atomic E-state index is 5.93. The summed E-state index contributed by atoms with van der Waals surface area (Å²) in [7, 11) is 0. The Morgan fingerprint density at radius 1 is 1.47 bits per heavy atom. The first-order valence-electron chi connectivity index (χ1n) is 6.52. The zero-order valence-electron chi connectivity index (χ0n) is 11.2. The molecule has 1 atom stereocenters. The third-order valence-corrected chi connectivity index (χ3v) is 3.68. The van der Waals surface area contributed by atoms with E-state index in [0.29, 0.717) is 12.0 Å². The van der Waals surface area contributed by atoms with E-state index in [-0.39, 0.29) is 6.04 Å². The molecule has 2 rings (SSSR count). The quantitative estimate of drug-likeness (QED) is 0.877. The largest absolute Gasteiger partial charge is 0.465 e. The third kappa shape index (κ3) is 2.90. The van der Waals surface area contributed by atoms with Crippen LogP contribution < -0.4 is 5.73 Å². The average Bonchev–Trinajstić information content (AvgIpc) is 2.64. The minimum absolute atomic E-state index is 0.239. The number of likely N-dealkylation sites (tertiary alicyclic amines) is 1. The molecule has 0 aliphatic carbocycles. The second-order valence-corrected chi connectivity index (χ2v) is 5.94. The zero-order chi connectivity index (χ0) is 12.5. The fourth-order valence-electron chi connectivity index (χ4n) is 2.81. The van der Waals surface area contributed by atoms with Crippen LogP contribution in [0.25, 0.3) is 0 Å². The van der Waals surface area contributed by atoms with E-state index in [4.69, 9.17) is 10.2 Å². The van der Waals surface area contributed by atoms with Crippen molar-refractivity contribution in [2.45, 2.75) is 39.7 Å². The van der Waals surface area contributed by atoms with E-state index in [0.717, 1.165) is 24.6 Å². The lowest BCUT2D eigenvalue weighted by Gasteiger charge is -2.41. The van der Waals surface area contributed by atoms with Crippen molar-refractivity contribution < 1.29 is 4.42 Å². The Morgan fingerprint density at radius 2 is 2.24 bits per heavy atom. The summed E-state index contributed by atoms with van der Waals surface area (Å²) in [6, 6.07) is 4.32. The van der Waals surface area contributed by atoms with Gasteiger partial charge in [0.05, 0.1) is 6.04 Å². The smallest absolute Gasteiger partial charge is 0.122 e. The van der Waals surface area contributed by atoms with Gasteiger partial charge in [0.2, 0.25) is 0 Å². The molecule has 0 spiro atoms. The van der Waals surface area contributed by atoms with E-state index in [9.17, 15) is 0 Å². The van der Waals surface area contributed by atoms with Crippen LogP contribution in [0.1, 0.15) is 44.3 Å². The van der Waals surface area contributed by atoms with Crippen molar-refractivity contribution in [1.29, 1.82) is 0 Å². The number of furan rings is 1. The molecule has 96 valence electrons. The number of rotatable bonds is 3. The number of hydrogen-bond donors (Lipinski definition) is 1.